The number of hydrogen-bond donors (Lipinski definition) is 1. The molecule has 0 bridgehead atoms. The van der Waals surface area contributed by atoms with Crippen molar-refractivity contribution >= 4 is 19.8 Å². The highest BCUT2D eigenvalue weighted by Crippen LogP contribution is 2.43. The maximum absolute atomic E-state index is 12.8. The fraction of sp³-hybridized carbons (Fsp3) is 0.746. The largest absolute Gasteiger partial charge is 0.472 e. The van der Waals surface area contributed by atoms with Gasteiger partial charge in [0.15, 0.2) is 6.10 Å². The highest BCUT2D eigenvalue weighted by Gasteiger charge is 2.27. The quantitative estimate of drug-likeness (QED) is 0.0211. The van der Waals surface area contributed by atoms with Gasteiger partial charge in [0.05, 0.1) is 27.7 Å². The number of carbonyl (C=O) groups excluding carboxylic acids is 2. The first-order chi connectivity index (χ1) is 39.5. The van der Waals surface area contributed by atoms with Crippen molar-refractivity contribution in [3.63, 3.8) is 0 Å². The SMILES string of the molecule is CC/C=C\C/C=C\C/C=C\C/C=C\C/C=C\C/C=C\CCCCCCCCCCCCCCCCCCCCCCCCC(=O)OC(COC(=O)CCCCCCC/C=C\C/C=C\CCCCCC)COP(=O)(O)OCC[N+](C)(C)C. The maximum atomic E-state index is 12.8. The Bertz CT molecular complexity index is 1690. The minimum Gasteiger partial charge on any atom is -0.462 e. The van der Waals surface area contributed by atoms with Crippen molar-refractivity contribution in [2.24, 2.45) is 0 Å². The summed E-state index contributed by atoms with van der Waals surface area (Å²) in [5, 5.41) is 0. The van der Waals surface area contributed by atoms with Crippen LogP contribution in [-0.4, -0.2) is 74.9 Å². The Kier molecular flexibility index (Phi) is 59.2. The van der Waals surface area contributed by atoms with Crippen molar-refractivity contribution in [1.29, 1.82) is 0 Å². The van der Waals surface area contributed by atoms with Crippen LogP contribution >= 0.6 is 7.82 Å². The van der Waals surface area contributed by atoms with E-state index in [-0.39, 0.29) is 32.0 Å². The molecular formula is C71H127NO8P+. The molecule has 0 fully saturated rings. The van der Waals surface area contributed by atoms with Gasteiger partial charge in [-0.15, -0.1) is 0 Å². The van der Waals surface area contributed by atoms with Crippen molar-refractivity contribution in [3.05, 3.63) is 97.2 Å². The smallest absolute Gasteiger partial charge is 0.462 e. The lowest BCUT2D eigenvalue weighted by Gasteiger charge is -2.24. The first kappa shape index (κ1) is 77.9. The lowest BCUT2D eigenvalue weighted by molar-refractivity contribution is -0.870. The number of nitrogens with zero attached hydrogens (tertiary/aromatic N) is 1. The van der Waals surface area contributed by atoms with Gasteiger partial charge in [0, 0.05) is 12.8 Å². The predicted molar refractivity (Wildman–Crippen MR) is 348 cm³/mol. The molecule has 0 aromatic heterocycles. The van der Waals surface area contributed by atoms with Crippen LogP contribution in [0.15, 0.2) is 97.2 Å². The zero-order valence-corrected chi connectivity index (χ0v) is 54.1. The van der Waals surface area contributed by atoms with Gasteiger partial charge in [0.1, 0.15) is 19.8 Å². The van der Waals surface area contributed by atoms with E-state index in [1.807, 2.05) is 21.1 Å². The number of phosphoric acid groups is 1. The molecule has 0 aliphatic heterocycles. The molecule has 0 radical (unpaired) electrons. The molecule has 2 atom stereocenters. The van der Waals surface area contributed by atoms with E-state index < -0.39 is 26.5 Å². The maximum Gasteiger partial charge on any atom is 0.472 e. The summed E-state index contributed by atoms with van der Waals surface area (Å²) in [6.07, 6.45) is 85.2. The van der Waals surface area contributed by atoms with Gasteiger partial charge in [0.25, 0.3) is 0 Å². The average molecular weight is 1150 g/mol. The molecule has 0 amide bonds. The monoisotopic (exact) mass is 1150 g/mol. The molecule has 0 rings (SSSR count). The summed E-state index contributed by atoms with van der Waals surface area (Å²) in [4.78, 5) is 35.7. The number of likely N-dealkylation sites (N-methyl/N-ethyl adjacent to an activating group) is 1. The lowest BCUT2D eigenvalue weighted by atomic mass is 10.0. The lowest BCUT2D eigenvalue weighted by Crippen LogP contribution is -2.37. The average Bonchev–Trinajstić information content (AvgIpc) is 3.43. The van der Waals surface area contributed by atoms with Crippen molar-refractivity contribution < 1.29 is 42.1 Å². The van der Waals surface area contributed by atoms with Crippen LogP contribution in [0.4, 0.5) is 0 Å². The highest BCUT2D eigenvalue weighted by molar-refractivity contribution is 7.47. The predicted octanol–water partition coefficient (Wildman–Crippen LogP) is 21.5. The number of ether oxygens (including phenoxy) is 2. The van der Waals surface area contributed by atoms with Crippen molar-refractivity contribution in [3.8, 4) is 0 Å². The van der Waals surface area contributed by atoms with Crippen LogP contribution in [0.5, 0.6) is 0 Å². The summed E-state index contributed by atoms with van der Waals surface area (Å²) in [6, 6.07) is 0. The molecule has 0 spiro atoms. The highest BCUT2D eigenvalue weighted by atomic mass is 31.2. The summed E-state index contributed by atoms with van der Waals surface area (Å²) >= 11 is 0. The second-order valence-electron chi connectivity index (χ2n) is 23.5. The Labute approximate surface area is 500 Å². The minimum absolute atomic E-state index is 0.0281. The number of phosphoric ester groups is 1. The summed E-state index contributed by atoms with van der Waals surface area (Å²) in [6.45, 7) is 4.30. The molecule has 0 saturated carbocycles. The third-order valence-corrected chi connectivity index (χ3v) is 15.3. The van der Waals surface area contributed by atoms with Crippen LogP contribution in [0, 0.1) is 0 Å². The first-order valence-corrected chi connectivity index (χ1v) is 35.0. The Morgan fingerprint density at radius 2 is 0.704 bits per heavy atom. The van der Waals surface area contributed by atoms with E-state index in [0.29, 0.717) is 17.4 Å². The van der Waals surface area contributed by atoms with Crippen LogP contribution in [0.25, 0.3) is 0 Å². The van der Waals surface area contributed by atoms with Crippen molar-refractivity contribution in [2.75, 3.05) is 47.5 Å². The van der Waals surface area contributed by atoms with Gasteiger partial charge in [-0.2, -0.15) is 0 Å². The van der Waals surface area contributed by atoms with Crippen molar-refractivity contribution in [1.82, 2.24) is 0 Å². The van der Waals surface area contributed by atoms with Crippen molar-refractivity contribution in [2.45, 2.75) is 296 Å². The number of esters is 2. The van der Waals surface area contributed by atoms with E-state index in [0.717, 1.165) is 96.3 Å². The number of quaternary nitrogens is 1. The molecule has 0 heterocycles. The van der Waals surface area contributed by atoms with Gasteiger partial charge >= 0.3 is 19.8 Å². The molecule has 2 unspecified atom stereocenters. The zero-order valence-electron chi connectivity index (χ0n) is 53.2. The third-order valence-electron chi connectivity index (χ3n) is 14.3. The Hall–Kier alpha value is -3.07. The van der Waals surface area contributed by atoms with Gasteiger partial charge < -0.3 is 18.9 Å². The Morgan fingerprint density at radius 3 is 1.05 bits per heavy atom. The summed E-state index contributed by atoms with van der Waals surface area (Å²) in [5.74, 6) is -0.806. The standard InChI is InChI=1S/C71H126NO8P/c1-6-8-10-12-14-16-18-20-22-24-25-26-27-28-29-30-31-32-33-34-35-36-37-38-39-40-41-42-43-44-45-46-47-48-50-52-54-56-58-60-62-64-71(74)80-69(68-79-81(75,76)78-66-65-72(3,4)5)67-77-70(73)63-61-59-57-55-53-51-49-23-21-19-17-15-13-11-9-7-2/h8,10,14,16-17,19-20,22-23,25-26,28-29,31-32,49,69H,6-7,9,11-13,15,18,21,24,27,30,33-48,50-68H2,1-5H3/p+1/b10-8-,16-14-,19-17-,22-20-,26-25-,29-28-,32-31-,49-23-. The topological polar surface area (TPSA) is 108 Å². The summed E-state index contributed by atoms with van der Waals surface area (Å²) in [5.41, 5.74) is 0. The molecule has 0 aliphatic rings. The molecule has 0 aliphatic carbocycles. The molecular weight excluding hydrogens is 1030 g/mol. The molecule has 10 heteroatoms. The molecule has 81 heavy (non-hydrogen) atoms. The normalized spacial score (nSPS) is 13.8. The molecule has 9 nitrogen and oxygen atoms in total. The van der Waals surface area contributed by atoms with Crippen LogP contribution in [0.2, 0.25) is 0 Å². The van der Waals surface area contributed by atoms with E-state index >= 15 is 0 Å². The molecule has 0 aromatic carbocycles. The van der Waals surface area contributed by atoms with Gasteiger partial charge in [0.2, 0.25) is 0 Å². The first-order valence-electron chi connectivity index (χ1n) is 33.5. The zero-order chi connectivity index (χ0) is 59.1. The molecule has 0 saturated heterocycles. The van der Waals surface area contributed by atoms with Gasteiger partial charge in [-0.05, 0) is 96.3 Å². The molecule has 1 N–H and O–H groups in total. The number of carbonyl (C=O) groups is 2. The molecule has 468 valence electrons. The van der Waals surface area contributed by atoms with E-state index in [4.69, 9.17) is 18.5 Å². The Morgan fingerprint density at radius 1 is 0.395 bits per heavy atom. The Balaban J connectivity index is 3.93. The van der Waals surface area contributed by atoms with E-state index in [1.54, 1.807) is 0 Å². The number of unbranched alkanes of at least 4 members (excludes halogenated alkanes) is 31. The van der Waals surface area contributed by atoms with E-state index in [1.165, 1.54) is 161 Å². The van der Waals surface area contributed by atoms with Gasteiger partial charge in [-0.3, -0.25) is 18.6 Å². The van der Waals surface area contributed by atoms with E-state index in [2.05, 4.69) is 111 Å². The number of hydrogen-bond acceptors (Lipinski definition) is 7. The van der Waals surface area contributed by atoms with E-state index in [9.17, 15) is 19.0 Å². The summed E-state index contributed by atoms with van der Waals surface area (Å²) < 4.78 is 34.6. The number of rotatable bonds is 61. The second kappa shape index (κ2) is 61.5. The number of allylic oxidation sites excluding steroid dienone is 16. The fourth-order valence-corrected chi connectivity index (χ4v) is 9.97. The van der Waals surface area contributed by atoms with Crippen LogP contribution in [-0.2, 0) is 32.7 Å². The minimum atomic E-state index is -4.39. The van der Waals surface area contributed by atoms with Crippen LogP contribution in [0.1, 0.15) is 290 Å². The second-order valence-corrected chi connectivity index (χ2v) is 24.9. The third kappa shape index (κ3) is 65.9. The fourth-order valence-electron chi connectivity index (χ4n) is 9.23. The van der Waals surface area contributed by atoms with Gasteiger partial charge in [-0.1, -0.05) is 278 Å². The summed E-state index contributed by atoms with van der Waals surface area (Å²) in [7, 11) is 1.47. The van der Waals surface area contributed by atoms with Gasteiger partial charge in [-0.25, -0.2) is 4.57 Å². The van der Waals surface area contributed by atoms with Crippen LogP contribution in [0.3, 0.4) is 0 Å². The van der Waals surface area contributed by atoms with Crippen LogP contribution < -0.4 is 0 Å². The molecule has 0 aromatic rings.